The van der Waals surface area contributed by atoms with Crippen LogP contribution in [-0.4, -0.2) is 101 Å². The lowest BCUT2D eigenvalue weighted by Gasteiger charge is -2.25. The summed E-state index contributed by atoms with van der Waals surface area (Å²) in [7, 11) is 3.23. The van der Waals surface area contributed by atoms with Gasteiger partial charge in [0.25, 0.3) is 11.8 Å². The molecule has 0 saturated carbocycles. The fraction of sp³-hybridized carbons (Fsp3) is 0.452. The molecule has 5 rings (SSSR count). The Hall–Kier alpha value is -4.61. The number of carbonyl (C=O) groups excluding carboxylic acids is 5. The first-order valence-corrected chi connectivity index (χ1v) is 14.8. The van der Waals surface area contributed by atoms with E-state index in [1.807, 2.05) is 6.07 Å². The molecule has 1 aliphatic carbocycles. The summed E-state index contributed by atoms with van der Waals surface area (Å²) >= 11 is 0. The van der Waals surface area contributed by atoms with E-state index in [4.69, 9.17) is 0 Å². The van der Waals surface area contributed by atoms with Gasteiger partial charge in [-0.3, -0.25) is 34.3 Å². The smallest absolute Gasteiger partial charge is 0.271 e. The molecule has 3 aliphatic rings. The highest BCUT2D eigenvalue weighted by atomic mass is 16.2. The number of aromatic nitrogens is 1. The van der Waals surface area contributed by atoms with E-state index in [0.29, 0.717) is 50.1 Å². The second-order valence-corrected chi connectivity index (χ2v) is 11.3. The molecule has 1 aromatic carbocycles. The van der Waals surface area contributed by atoms with Crippen molar-refractivity contribution >= 4 is 41.1 Å². The number of rotatable bonds is 6. The molecule has 2 saturated heterocycles. The van der Waals surface area contributed by atoms with Crippen LogP contribution in [-0.2, 0) is 16.0 Å². The van der Waals surface area contributed by atoms with Crippen molar-refractivity contribution < 1.29 is 24.0 Å². The summed E-state index contributed by atoms with van der Waals surface area (Å²) in [5.41, 5.74) is 2.61. The molecular weight excluding hydrogens is 550 g/mol. The maximum Gasteiger partial charge on any atom is 0.271 e. The van der Waals surface area contributed by atoms with Gasteiger partial charge in [-0.05, 0) is 74.4 Å². The van der Waals surface area contributed by atoms with Crippen LogP contribution < -0.4 is 10.6 Å². The van der Waals surface area contributed by atoms with Gasteiger partial charge < -0.3 is 20.0 Å². The van der Waals surface area contributed by atoms with Gasteiger partial charge in [-0.1, -0.05) is 0 Å². The largest absolute Gasteiger partial charge is 0.343 e. The third-order valence-corrected chi connectivity index (χ3v) is 7.99. The standard InChI is InChI=1S/C31H37N7O5/c1-36(2)29(42)24-12-8-21(18-32-24)28(41)35-31(33-22-10-11-23-20(17-22)9-13-26(23)39)34-25-7-3-4-16-38(30(25)43)19-27(40)37-14-5-6-15-37/h8,10-12,17-18,25H,3-7,9,13-16,19H2,1-2H3,(H2,33,34,35,41). The molecule has 2 aromatic rings. The third kappa shape index (κ3) is 7.07. The number of hydrogen-bond acceptors (Lipinski definition) is 7. The monoisotopic (exact) mass is 587 g/mol. The molecule has 12 heteroatoms. The topological polar surface area (TPSA) is 144 Å². The summed E-state index contributed by atoms with van der Waals surface area (Å²) < 4.78 is 0. The Morgan fingerprint density at radius 1 is 1.00 bits per heavy atom. The lowest BCUT2D eigenvalue weighted by molar-refractivity contribution is -0.140. The zero-order valence-corrected chi connectivity index (χ0v) is 24.6. The summed E-state index contributed by atoms with van der Waals surface area (Å²) in [5, 5.41) is 5.91. The SMILES string of the molecule is CN(C)C(=O)c1ccc(C(=O)NC(=NC2CCCCN(CC(=O)N3CCCC3)C2=O)Nc2ccc3c(c2)CCC3=O)cn1. The number of nitrogens with one attached hydrogen (secondary N) is 2. The molecule has 2 N–H and O–H groups in total. The van der Waals surface area contributed by atoms with Crippen LogP contribution in [0.2, 0.25) is 0 Å². The molecule has 1 unspecified atom stereocenters. The maximum atomic E-state index is 13.6. The molecule has 0 bridgehead atoms. The Balaban J connectivity index is 1.38. The van der Waals surface area contributed by atoms with E-state index in [0.717, 1.165) is 31.2 Å². The number of pyridine rings is 1. The average molecular weight is 588 g/mol. The number of likely N-dealkylation sites (tertiary alicyclic amines) is 2. The van der Waals surface area contributed by atoms with Gasteiger partial charge in [-0.2, -0.15) is 0 Å². The second kappa shape index (κ2) is 13.1. The van der Waals surface area contributed by atoms with E-state index in [1.54, 1.807) is 36.0 Å². The Morgan fingerprint density at radius 2 is 1.77 bits per heavy atom. The molecule has 2 fully saturated rings. The summed E-state index contributed by atoms with van der Waals surface area (Å²) in [6.07, 6.45) is 6.31. The molecule has 43 heavy (non-hydrogen) atoms. The van der Waals surface area contributed by atoms with Gasteiger partial charge in [0.05, 0.1) is 12.1 Å². The average Bonchev–Trinajstić information content (AvgIpc) is 3.64. The molecule has 1 atom stereocenters. The Bertz CT molecular complexity index is 1450. The maximum absolute atomic E-state index is 13.6. The van der Waals surface area contributed by atoms with Gasteiger partial charge >= 0.3 is 0 Å². The molecule has 12 nitrogen and oxygen atoms in total. The van der Waals surface area contributed by atoms with Gasteiger partial charge in [0.2, 0.25) is 17.8 Å². The number of fused-ring (bicyclic) bond motifs is 1. The first-order valence-electron chi connectivity index (χ1n) is 14.8. The molecule has 1 aromatic heterocycles. The van der Waals surface area contributed by atoms with E-state index in [2.05, 4.69) is 20.6 Å². The van der Waals surface area contributed by atoms with Gasteiger partial charge in [0, 0.05) is 57.6 Å². The quantitative estimate of drug-likeness (QED) is 0.389. The summed E-state index contributed by atoms with van der Waals surface area (Å²) in [6.45, 7) is 1.92. The number of Topliss-reactive ketones (excluding diaryl/α,β-unsaturated/α-hetero) is 1. The fourth-order valence-electron chi connectivity index (χ4n) is 5.58. The summed E-state index contributed by atoms with van der Waals surface area (Å²) in [4.78, 5) is 77.6. The van der Waals surface area contributed by atoms with Gasteiger partial charge in [0.1, 0.15) is 11.7 Å². The van der Waals surface area contributed by atoms with Crippen LogP contribution in [0.15, 0.2) is 41.5 Å². The van der Waals surface area contributed by atoms with Crippen molar-refractivity contribution in [2.24, 2.45) is 4.99 Å². The lowest BCUT2D eigenvalue weighted by Crippen LogP contribution is -2.45. The number of ketones is 1. The predicted molar refractivity (Wildman–Crippen MR) is 160 cm³/mol. The number of amides is 4. The van der Waals surface area contributed by atoms with Crippen LogP contribution in [0, 0.1) is 0 Å². The van der Waals surface area contributed by atoms with Crippen LogP contribution in [0.3, 0.4) is 0 Å². The molecule has 3 heterocycles. The third-order valence-electron chi connectivity index (χ3n) is 7.99. The van der Waals surface area contributed by atoms with Crippen LogP contribution in [0.25, 0.3) is 0 Å². The van der Waals surface area contributed by atoms with Crippen molar-refractivity contribution in [2.45, 2.75) is 51.0 Å². The van der Waals surface area contributed by atoms with Crippen LogP contribution >= 0.6 is 0 Å². The number of carbonyl (C=O) groups is 5. The number of aryl methyl sites for hydroxylation is 1. The summed E-state index contributed by atoms with van der Waals surface area (Å²) in [6, 6.07) is 7.51. The van der Waals surface area contributed by atoms with Crippen LogP contribution in [0.5, 0.6) is 0 Å². The molecular formula is C31H37N7O5. The van der Waals surface area contributed by atoms with E-state index in [1.165, 1.54) is 23.2 Å². The predicted octanol–water partition coefficient (Wildman–Crippen LogP) is 2.11. The number of benzene rings is 1. The lowest BCUT2D eigenvalue weighted by atomic mass is 10.1. The van der Waals surface area contributed by atoms with E-state index in [9.17, 15) is 24.0 Å². The van der Waals surface area contributed by atoms with Crippen LogP contribution in [0.1, 0.15) is 75.3 Å². The number of guanidine groups is 1. The van der Waals surface area contributed by atoms with Gasteiger partial charge in [-0.25, -0.2) is 4.99 Å². The summed E-state index contributed by atoms with van der Waals surface area (Å²) in [5.74, 6) is -0.967. The number of hydrogen-bond donors (Lipinski definition) is 2. The highest BCUT2D eigenvalue weighted by molar-refractivity contribution is 6.11. The minimum atomic E-state index is -0.800. The first-order chi connectivity index (χ1) is 20.7. The first kappa shape index (κ1) is 29.9. The van der Waals surface area contributed by atoms with E-state index < -0.39 is 11.9 Å². The van der Waals surface area contributed by atoms with Gasteiger partial charge in [0.15, 0.2) is 5.78 Å². The van der Waals surface area contributed by atoms with Crippen molar-refractivity contribution in [3.05, 3.63) is 58.9 Å². The normalized spacial score (nSPS) is 18.7. The zero-order valence-electron chi connectivity index (χ0n) is 24.6. The Morgan fingerprint density at radius 3 is 2.49 bits per heavy atom. The molecule has 226 valence electrons. The number of nitrogens with zero attached hydrogens (tertiary/aromatic N) is 5. The highest BCUT2D eigenvalue weighted by Gasteiger charge is 2.31. The highest BCUT2D eigenvalue weighted by Crippen LogP contribution is 2.25. The zero-order chi connectivity index (χ0) is 30.5. The van der Waals surface area contributed by atoms with Gasteiger partial charge in [-0.15, -0.1) is 0 Å². The van der Waals surface area contributed by atoms with Crippen molar-refractivity contribution in [1.29, 1.82) is 0 Å². The number of anilines is 1. The fourth-order valence-corrected chi connectivity index (χ4v) is 5.58. The van der Waals surface area contributed by atoms with Crippen molar-refractivity contribution in [3.8, 4) is 0 Å². The van der Waals surface area contributed by atoms with Crippen molar-refractivity contribution in [2.75, 3.05) is 45.6 Å². The minimum absolute atomic E-state index is 0.0164. The second-order valence-electron chi connectivity index (χ2n) is 11.3. The van der Waals surface area contributed by atoms with E-state index in [-0.39, 0.29) is 47.3 Å². The minimum Gasteiger partial charge on any atom is -0.343 e. The molecule has 4 amide bonds. The van der Waals surface area contributed by atoms with Crippen LogP contribution in [0.4, 0.5) is 5.69 Å². The Labute approximate surface area is 250 Å². The van der Waals surface area contributed by atoms with E-state index >= 15 is 0 Å². The number of aliphatic imine (C=N–C) groups is 1. The molecule has 0 radical (unpaired) electrons. The molecule has 0 spiro atoms. The Kier molecular flexibility index (Phi) is 9.13. The molecule has 2 aliphatic heterocycles. The van der Waals surface area contributed by atoms with Crippen molar-refractivity contribution in [1.82, 2.24) is 25.0 Å². The van der Waals surface area contributed by atoms with Crippen molar-refractivity contribution in [3.63, 3.8) is 0 Å².